The molecule has 0 aliphatic carbocycles. The Morgan fingerprint density at radius 1 is 1.06 bits per heavy atom. The summed E-state index contributed by atoms with van der Waals surface area (Å²) in [6.07, 6.45) is 5.01. The van der Waals surface area contributed by atoms with Gasteiger partial charge in [-0.15, -0.1) is 0 Å². The third-order valence-corrected chi connectivity index (χ3v) is 2.18. The van der Waals surface area contributed by atoms with E-state index in [-0.39, 0.29) is 0 Å². The standard InChI is InChI=1S/C11H8N4O/c1-3-8-7-14-15-10(8)9(4-1)16-11-12-5-2-6-13-11/h1-7H,(H,14,15). The Kier molecular flexibility index (Phi) is 2.00. The number of para-hydroxylation sites is 1. The van der Waals surface area contributed by atoms with Crippen LogP contribution in [0.3, 0.4) is 0 Å². The number of nitrogens with one attached hydrogen (secondary N) is 1. The van der Waals surface area contributed by atoms with Crippen LogP contribution in [0.25, 0.3) is 10.9 Å². The molecule has 0 unspecified atom stereocenters. The number of aromatic nitrogens is 4. The van der Waals surface area contributed by atoms with E-state index < -0.39 is 0 Å². The zero-order valence-electron chi connectivity index (χ0n) is 8.29. The SMILES string of the molecule is c1cnc(Oc2cccc3cn[nH]c23)nc1. The highest BCUT2D eigenvalue weighted by Gasteiger charge is 2.05. The predicted molar refractivity (Wildman–Crippen MR) is 58.2 cm³/mol. The van der Waals surface area contributed by atoms with E-state index in [0.29, 0.717) is 11.8 Å². The molecule has 78 valence electrons. The molecule has 0 aliphatic heterocycles. The van der Waals surface area contributed by atoms with Gasteiger partial charge in [0.15, 0.2) is 5.75 Å². The van der Waals surface area contributed by atoms with Gasteiger partial charge in [-0.05, 0) is 12.1 Å². The second-order valence-electron chi connectivity index (χ2n) is 3.22. The van der Waals surface area contributed by atoms with E-state index in [1.165, 1.54) is 0 Å². The maximum Gasteiger partial charge on any atom is 0.321 e. The molecule has 16 heavy (non-hydrogen) atoms. The van der Waals surface area contributed by atoms with Crippen LogP contribution in [-0.4, -0.2) is 20.2 Å². The number of H-pyrrole nitrogens is 1. The van der Waals surface area contributed by atoms with Crippen molar-refractivity contribution >= 4 is 10.9 Å². The number of aromatic amines is 1. The van der Waals surface area contributed by atoms with Crippen LogP contribution in [0.1, 0.15) is 0 Å². The van der Waals surface area contributed by atoms with Gasteiger partial charge < -0.3 is 4.74 Å². The van der Waals surface area contributed by atoms with Crippen molar-refractivity contribution in [2.75, 3.05) is 0 Å². The van der Waals surface area contributed by atoms with Crippen LogP contribution in [-0.2, 0) is 0 Å². The topological polar surface area (TPSA) is 63.7 Å². The first-order valence-electron chi connectivity index (χ1n) is 4.80. The molecule has 0 bridgehead atoms. The lowest BCUT2D eigenvalue weighted by atomic mass is 10.2. The zero-order valence-corrected chi connectivity index (χ0v) is 8.29. The lowest BCUT2D eigenvalue weighted by Crippen LogP contribution is -1.90. The highest BCUT2D eigenvalue weighted by molar-refractivity contribution is 5.83. The summed E-state index contributed by atoms with van der Waals surface area (Å²) >= 11 is 0. The third-order valence-electron chi connectivity index (χ3n) is 2.18. The maximum atomic E-state index is 5.56. The molecule has 5 nitrogen and oxygen atoms in total. The van der Waals surface area contributed by atoms with E-state index in [0.717, 1.165) is 10.9 Å². The van der Waals surface area contributed by atoms with Gasteiger partial charge in [0.1, 0.15) is 5.52 Å². The fourth-order valence-electron chi connectivity index (χ4n) is 1.46. The largest absolute Gasteiger partial charge is 0.422 e. The Hall–Kier alpha value is -2.43. The number of benzene rings is 1. The summed E-state index contributed by atoms with van der Waals surface area (Å²) in [6, 6.07) is 7.76. The first-order valence-corrected chi connectivity index (χ1v) is 4.80. The van der Waals surface area contributed by atoms with Gasteiger partial charge in [-0.25, -0.2) is 9.97 Å². The Morgan fingerprint density at radius 3 is 2.81 bits per heavy atom. The van der Waals surface area contributed by atoms with Crippen LogP contribution in [0.15, 0.2) is 42.9 Å². The molecule has 0 amide bonds. The summed E-state index contributed by atoms with van der Waals surface area (Å²) in [5, 5.41) is 7.83. The van der Waals surface area contributed by atoms with E-state index in [4.69, 9.17) is 4.74 Å². The maximum absolute atomic E-state index is 5.56. The van der Waals surface area contributed by atoms with E-state index in [2.05, 4.69) is 20.2 Å². The normalized spacial score (nSPS) is 10.5. The van der Waals surface area contributed by atoms with Crippen LogP contribution in [0.2, 0.25) is 0 Å². The molecule has 0 atom stereocenters. The molecule has 1 N–H and O–H groups in total. The molecule has 0 spiro atoms. The molecule has 5 heteroatoms. The smallest absolute Gasteiger partial charge is 0.321 e. The van der Waals surface area contributed by atoms with E-state index in [1.807, 2.05) is 18.2 Å². The first-order chi connectivity index (χ1) is 7.93. The van der Waals surface area contributed by atoms with Gasteiger partial charge in [0.2, 0.25) is 0 Å². The molecule has 2 heterocycles. The summed E-state index contributed by atoms with van der Waals surface area (Å²) in [5.41, 5.74) is 0.843. The summed E-state index contributed by atoms with van der Waals surface area (Å²) in [4.78, 5) is 8.00. The van der Waals surface area contributed by atoms with Crippen LogP contribution in [0, 0.1) is 0 Å². The van der Waals surface area contributed by atoms with Crippen molar-refractivity contribution in [3.8, 4) is 11.8 Å². The lowest BCUT2D eigenvalue weighted by Gasteiger charge is -2.03. The molecule has 0 fully saturated rings. The van der Waals surface area contributed by atoms with Crippen molar-refractivity contribution < 1.29 is 4.74 Å². The molecule has 3 aromatic rings. The fourth-order valence-corrected chi connectivity index (χ4v) is 1.46. The zero-order chi connectivity index (χ0) is 10.8. The van der Waals surface area contributed by atoms with Crippen molar-refractivity contribution in [3.05, 3.63) is 42.9 Å². The molecule has 2 aromatic heterocycles. The average molecular weight is 212 g/mol. The highest BCUT2D eigenvalue weighted by Crippen LogP contribution is 2.25. The number of ether oxygens (including phenoxy) is 1. The molecule has 0 radical (unpaired) electrons. The predicted octanol–water partition coefficient (Wildman–Crippen LogP) is 2.15. The van der Waals surface area contributed by atoms with Crippen molar-refractivity contribution in [1.29, 1.82) is 0 Å². The minimum absolute atomic E-state index is 0.324. The second-order valence-corrected chi connectivity index (χ2v) is 3.22. The minimum Gasteiger partial charge on any atom is -0.422 e. The lowest BCUT2D eigenvalue weighted by molar-refractivity contribution is 0.445. The molecule has 0 saturated carbocycles. The summed E-state index contributed by atoms with van der Waals surface area (Å²) in [7, 11) is 0. The molecular formula is C11H8N4O. The average Bonchev–Trinajstić information content (AvgIpc) is 2.80. The molecular weight excluding hydrogens is 204 g/mol. The van der Waals surface area contributed by atoms with Crippen LogP contribution < -0.4 is 4.74 Å². The molecule has 1 aromatic carbocycles. The second kappa shape index (κ2) is 3.62. The number of hydrogen-bond donors (Lipinski definition) is 1. The number of fused-ring (bicyclic) bond motifs is 1. The third kappa shape index (κ3) is 1.48. The number of hydrogen-bond acceptors (Lipinski definition) is 4. The Balaban J connectivity index is 2.04. The number of rotatable bonds is 2. The van der Waals surface area contributed by atoms with E-state index in [1.54, 1.807) is 24.7 Å². The quantitative estimate of drug-likeness (QED) is 0.706. The van der Waals surface area contributed by atoms with Crippen molar-refractivity contribution in [3.63, 3.8) is 0 Å². The Morgan fingerprint density at radius 2 is 1.94 bits per heavy atom. The van der Waals surface area contributed by atoms with Crippen molar-refractivity contribution in [2.45, 2.75) is 0 Å². The van der Waals surface area contributed by atoms with Crippen LogP contribution in [0.5, 0.6) is 11.8 Å². The van der Waals surface area contributed by atoms with E-state index in [9.17, 15) is 0 Å². The van der Waals surface area contributed by atoms with Crippen LogP contribution >= 0.6 is 0 Å². The van der Waals surface area contributed by atoms with Gasteiger partial charge >= 0.3 is 6.01 Å². The Labute approximate surface area is 91.1 Å². The minimum atomic E-state index is 0.324. The highest BCUT2D eigenvalue weighted by atomic mass is 16.5. The van der Waals surface area contributed by atoms with Gasteiger partial charge in [-0.1, -0.05) is 12.1 Å². The monoisotopic (exact) mass is 212 g/mol. The van der Waals surface area contributed by atoms with Gasteiger partial charge in [0.05, 0.1) is 6.20 Å². The first kappa shape index (κ1) is 8.84. The molecule has 3 rings (SSSR count). The van der Waals surface area contributed by atoms with Gasteiger partial charge in [0, 0.05) is 17.8 Å². The summed E-state index contributed by atoms with van der Waals surface area (Å²) in [6.45, 7) is 0. The van der Waals surface area contributed by atoms with Crippen molar-refractivity contribution in [2.24, 2.45) is 0 Å². The van der Waals surface area contributed by atoms with Gasteiger partial charge in [-0.2, -0.15) is 5.10 Å². The fraction of sp³-hybridized carbons (Fsp3) is 0. The molecule has 0 aliphatic rings. The van der Waals surface area contributed by atoms with Crippen molar-refractivity contribution in [1.82, 2.24) is 20.2 Å². The summed E-state index contributed by atoms with van der Waals surface area (Å²) < 4.78 is 5.56. The molecule has 0 saturated heterocycles. The Bertz CT molecular complexity index is 605. The van der Waals surface area contributed by atoms with Gasteiger partial charge in [0.25, 0.3) is 0 Å². The van der Waals surface area contributed by atoms with E-state index >= 15 is 0 Å². The summed E-state index contributed by atoms with van der Waals surface area (Å²) in [5.74, 6) is 0.668. The van der Waals surface area contributed by atoms with Crippen LogP contribution in [0.4, 0.5) is 0 Å². The van der Waals surface area contributed by atoms with Gasteiger partial charge in [-0.3, -0.25) is 5.10 Å². The number of nitrogens with zero attached hydrogens (tertiary/aromatic N) is 3.